The van der Waals surface area contributed by atoms with Crippen molar-refractivity contribution in [2.75, 3.05) is 0 Å². The number of benzene rings is 1. The molecule has 2 heterocycles. The maximum absolute atomic E-state index is 11.9. The first-order valence-corrected chi connectivity index (χ1v) is 8.36. The van der Waals surface area contributed by atoms with Crippen molar-refractivity contribution in [3.05, 3.63) is 35.9 Å². The minimum Gasteiger partial charge on any atom is -0.445 e. The lowest BCUT2D eigenvalue weighted by Crippen LogP contribution is -2.43. The molecule has 20 heavy (non-hydrogen) atoms. The van der Waals surface area contributed by atoms with Crippen molar-refractivity contribution in [2.45, 2.75) is 48.8 Å². The van der Waals surface area contributed by atoms with Gasteiger partial charge in [-0.15, -0.1) is 0 Å². The summed E-state index contributed by atoms with van der Waals surface area (Å²) in [7, 11) is -0.680. The molecular formula is C15H19NO3S. The Hall–Kier alpha value is -1.36. The van der Waals surface area contributed by atoms with E-state index in [2.05, 4.69) is 5.32 Å². The predicted molar refractivity (Wildman–Crippen MR) is 77.7 cm³/mol. The molecule has 2 aliphatic heterocycles. The zero-order valence-electron chi connectivity index (χ0n) is 11.3. The summed E-state index contributed by atoms with van der Waals surface area (Å²) in [6.07, 6.45) is 3.35. The molecule has 2 atom stereocenters. The second kappa shape index (κ2) is 5.95. The van der Waals surface area contributed by atoms with Crippen LogP contribution in [0.4, 0.5) is 4.79 Å². The van der Waals surface area contributed by atoms with E-state index in [0.29, 0.717) is 0 Å². The molecule has 1 amide bonds. The van der Waals surface area contributed by atoms with Crippen LogP contribution in [-0.4, -0.2) is 26.8 Å². The third-order valence-corrected chi connectivity index (χ3v) is 6.27. The van der Waals surface area contributed by atoms with Gasteiger partial charge in [0.05, 0.1) is 0 Å². The number of nitrogens with one attached hydrogen (secondary N) is 1. The highest BCUT2D eigenvalue weighted by molar-refractivity contribution is 7.86. The average molecular weight is 293 g/mol. The number of hydrogen-bond donors (Lipinski definition) is 1. The zero-order valence-corrected chi connectivity index (χ0v) is 12.1. The van der Waals surface area contributed by atoms with Crippen molar-refractivity contribution < 1.29 is 13.7 Å². The molecule has 1 aromatic rings. The van der Waals surface area contributed by atoms with Gasteiger partial charge in [0, 0.05) is 27.3 Å². The third-order valence-electron chi connectivity index (χ3n) is 4.10. The Labute approximate surface area is 121 Å². The number of hydrogen-bond acceptors (Lipinski definition) is 3. The van der Waals surface area contributed by atoms with Gasteiger partial charge in [-0.2, -0.15) is 0 Å². The van der Waals surface area contributed by atoms with Gasteiger partial charge in [0.1, 0.15) is 6.61 Å². The van der Waals surface area contributed by atoms with E-state index in [1.165, 1.54) is 0 Å². The Morgan fingerprint density at radius 1 is 1.20 bits per heavy atom. The highest BCUT2D eigenvalue weighted by Crippen LogP contribution is 2.35. The number of carbonyl (C=O) groups is 1. The molecule has 0 aromatic heterocycles. The van der Waals surface area contributed by atoms with Gasteiger partial charge < -0.3 is 10.1 Å². The second-order valence-corrected chi connectivity index (χ2v) is 7.51. The fourth-order valence-electron chi connectivity index (χ4n) is 3.08. The van der Waals surface area contributed by atoms with Crippen LogP contribution >= 0.6 is 0 Å². The molecule has 5 heteroatoms. The van der Waals surface area contributed by atoms with E-state index in [1.807, 2.05) is 30.3 Å². The maximum Gasteiger partial charge on any atom is 0.407 e. The number of carbonyl (C=O) groups excluding carboxylic acids is 1. The van der Waals surface area contributed by atoms with Crippen molar-refractivity contribution >= 4 is 16.9 Å². The van der Waals surface area contributed by atoms with Crippen molar-refractivity contribution in [1.82, 2.24) is 5.32 Å². The molecule has 0 radical (unpaired) electrons. The average Bonchev–Trinajstić information content (AvgIpc) is 2.68. The van der Waals surface area contributed by atoms with Crippen molar-refractivity contribution in [2.24, 2.45) is 0 Å². The lowest BCUT2D eigenvalue weighted by molar-refractivity contribution is 0.134. The summed E-state index contributed by atoms with van der Waals surface area (Å²) in [6.45, 7) is 0.290. The van der Waals surface area contributed by atoms with Gasteiger partial charge >= 0.3 is 6.09 Å². The molecule has 0 spiro atoms. The predicted octanol–water partition coefficient (Wildman–Crippen LogP) is 2.35. The molecule has 2 aliphatic rings. The Balaban J connectivity index is 1.47. The fraction of sp³-hybridized carbons (Fsp3) is 0.533. The Kier molecular flexibility index (Phi) is 4.05. The summed E-state index contributed by atoms with van der Waals surface area (Å²) < 4.78 is 17.1. The summed E-state index contributed by atoms with van der Waals surface area (Å²) in [4.78, 5) is 11.8. The summed E-state index contributed by atoms with van der Waals surface area (Å²) in [6, 6.07) is 9.75. The topological polar surface area (TPSA) is 55.4 Å². The SMILES string of the molecule is O=C(NC1CC2CCC(C1)S2=O)OCc1ccccc1. The fourth-order valence-corrected chi connectivity index (χ4v) is 5.21. The van der Waals surface area contributed by atoms with Gasteiger partial charge in [0.15, 0.2) is 0 Å². The lowest BCUT2D eigenvalue weighted by atomic mass is 10.1. The van der Waals surface area contributed by atoms with Crippen LogP contribution < -0.4 is 5.32 Å². The molecule has 0 aliphatic carbocycles. The summed E-state index contributed by atoms with van der Waals surface area (Å²) in [5.41, 5.74) is 0.979. The Morgan fingerprint density at radius 3 is 2.50 bits per heavy atom. The minimum absolute atomic E-state index is 0.119. The largest absolute Gasteiger partial charge is 0.445 e. The van der Waals surface area contributed by atoms with E-state index in [1.54, 1.807) is 0 Å². The standard InChI is InChI=1S/C15H19NO3S/c17-15(19-10-11-4-2-1-3-5-11)16-12-8-13-6-7-14(9-12)20(13)18/h1-5,12-14H,6-10H2,(H,16,17). The monoisotopic (exact) mass is 293 g/mol. The van der Waals surface area contributed by atoms with Crippen LogP contribution in [0.1, 0.15) is 31.2 Å². The number of alkyl carbamates (subject to hydrolysis) is 1. The van der Waals surface area contributed by atoms with Gasteiger partial charge in [0.25, 0.3) is 0 Å². The van der Waals surface area contributed by atoms with Crippen molar-refractivity contribution in [3.63, 3.8) is 0 Å². The van der Waals surface area contributed by atoms with Crippen LogP contribution in [0.3, 0.4) is 0 Å². The number of rotatable bonds is 3. The molecule has 2 bridgehead atoms. The highest BCUT2D eigenvalue weighted by atomic mass is 32.2. The van der Waals surface area contributed by atoms with E-state index >= 15 is 0 Å². The first-order valence-electron chi connectivity index (χ1n) is 7.09. The molecule has 0 saturated carbocycles. The van der Waals surface area contributed by atoms with Gasteiger partial charge in [-0.1, -0.05) is 30.3 Å². The van der Waals surface area contributed by atoms with E-state index in [9.17, 15) is 9.00 Å². The number of ether oxygens (including phenoxy) is 1. The normalized spacial score (nSPS) is 31.8. The van der Waals surface area contributed by atoms with E-state index in [4.69, 9.17) is 4.74 Å². The van der Waals surface area contributed by atoms with Gasteiger partial charge in [-0.25, -0.2) is 4.79 Å². The van der Waals surface area contributed by atoms with Gasteiger partial charge in [0.2, 0.25) is 0 Å². The second-order valence-electron chi connectivity index (χ2n) is 5.52. The molecule has 1 N–H and O–H groups in total. The van der Waals surface area contributed by atoms with Gasteiger partial charge in [-0.3, -0.25) is 4.21 Å². The van der Waals surface area contributed by atoms with Crippen LogP contribution in [0.5, 0.6) is 0 Å². The number of amides is 1. The summed E-state index contributed by atoms with van der Waals surface area (Å²) in [5, 5.41) is 3.46. The molecular weight excluding hydrogens is 274 g/mol. The molecule has 2 unspecified atom stereocenters. The molecule has 2 fully saturated rings. The summed E-state index contributed by atoms with van der Waals surface area (Å²) >= 11 is 0. The van der Waals surface area contributed by atoms with E-state index in [-0.39, 0.29) is 29.2 Å². The van der Waals surface area contributed by atoms with Crippen LogP contribution in [0.25, 0.3) is 0 Å². The van der Waals surface area contributed by atoms with Crippen LogP contribution in [0.15, 0.2) is 30.3 Å². The summed E-state index contributed by atoms with van der Waals surface area (Å²) in [5.74, 6) is 0. The molecule has 108 valence electrons. The van der Waals surface area contributed by atoms with Crippen molar-refractivity contribution in [3.8, 4) is 0 Å². The van der Waals surface area contributed by atoms with Crippen LogP contribution in [0, 0.1) is 0 Å². The van der Waals surface area contributed by atoms with E-state index in [0.717, 1.165) is 31.2 Å². The molecule has 4 nitrogen and oxygen atoms in total. The number of fused-ring (bicyclic) bond motifs is 2. The first kappa shape index (κ1) is 13.6. The Bertz CT molecular complexity index is 489. The molecule has 2 saturated heterocycles. The zero-order chi connectivity index (χ0) is 13.9. The quantitative estimate of drug-likeness (QED) is 0.930. The van der Waals surface area contributed by atoms with Crippen LogP contribution in [0.2, 0.25) is 0 Å². The third kappa shape index (κ3) is 3.03. The smallest absolute Gasteiger partial charge is 0.407 e. The highest BCUT2D eigenvalue weighted by Gasteiger charge is 2.40. The van der Waals surface area contributed by atoms with E-state index < -0.39 is 10.8 Å². The Morgan fingerprint density at radius 2 is 1.85 bits per heavy atom. The minimum atomic E-state index is -0.680. The van der Waals surface area contributed by atoms with Crippen LogP contribution in [-0.2, 0) is 22.1 Å². The first-order chi connectivity index (χ1) is 9.72. The van der Waals surface area contributed by atoms with Crippen molar-refractivity contribution in [1.29, 1.82) is 0 Å². The van der Waals surface area contributed by atoms with Gasteiger partial charge in [-0.05, 0) is 31.2 Å². The maximum atomic E-state index is 11.9. The molecule has 1 aromatic carbocycles. The molecule has 3 rings (SSSR count). The lowest BCUT2D eigenvalue weighted by Gasteiger charge is -2.27.